The summed E-state index contributed by atoms with van der Waals surface area (Å²) in [6.07, 6.45) is 1.87. The van der Waals surface area contributed by atoms with Gasteiger partial charge in [-0.05, 0) is 36.4 Å². The van der Waals surface area contributed by atoms with Crippen molar-refractivity contribution in [1.82, 2.24) is 21.3 Å². The first-order valence-corrected chi connectivity index (χ1v) is 12.7. The van der Waals surface area contributed by atoms with Crippen molar-refractivity contribution < 1.29 is 24.3 Å². The first kappa shape index (κ1) is 27.9. The summed E-state index contributed by atoms with van der Waals surface area (Å²) in [7, 11) is 0. The first-order valence-electron chi connectivity index (χ1n) is 12.7. The molecule has 4 atom stereocenters. The van der Waals surface area contributed by atoms with E-state index in [1.54, 1.807) is 24.3 Å². The number of hydrogen-bond acceptors (Lipinski definition) is 5. The molecule has 198 valence electrons. The number of amides is 3. The van der Waals surface area contributed by atoms with E-state index in [0.717, 1.165) is 24.1 Å². The third-order valence-electron chi connectivity index (χ3n) is 6.44. The van der Waals surface area contributed by atoms with Gasteiger partial charge in [0.05, 0.1) is 6.04 Å². The molecular weight excluding hydrogens is 472 g/mol. The van der Waals surface area contributed by atoms with E-state index in [0.29, 0.717) is 6.42 Å². The van der Waals surface area contributed by atoms with E-state index in [9.17, 15) is 24.3 Å². The normalized spacial score (nSPS) is 17.4. The second-order valence-electron chi connectivity index (χ2n) is 9.72. The van der Waals surface area contributed by atoms with Gasteiger partial charge in [0.15, 0.2) is 0 Å². The zero-order valence-corrected chi connectivity index (χ0v) is 21.3. The summed E-state index contributed by atoms with van der Waals surface area (Å²) >= 11 is 0. The summed E-state index contributed by atoms with van der Waals surface area (Å²) in [5.74, 6) is -2.74. The predicted molar refractivity (Wildman–Crippen MR) is 140 cm³/mol. The van der Waals surface area contributed by atoms with Crippen LogP contribution in [-0.2, 0) is 32.0 Å². The van der Waals surface area contributed by atoms with Crippen LogP contribution >= 0.6 is 0 Å². The zero-order chi connectivity index (χ0) is 26.8. The fourth-order valence-corrected chi connectivity index (χ4v) is 4.34. The number of carboxylic acids is 1. The summed E-state index contributed by atoms with van der Waals surface area (Å²) in [6, 6.07) is 14.8. The quantitative estimate of drug-likeness (QED) is 0.294. The minimum atomic E-state index is -1.17. The minimum Gasteiger partial charge on any atom is -0.480 e. The number of carbonyl (C=O) groups excluding carboxylic acids is 3. The standard InChI is InChI=1S/C28H36N4O5/c1-18(2)24(32-25(33)21-14-9-15-29-21)27(35)30-22(16-19-10-5-3-6-11-19)26(34)31-23(28(36)37)17-20-12-7-4-8-13-20/h3-8,10-13,18,21-24,29H,9,14-17H2,1-2H3,(H,30,35)(H,31,34)(H,32,33)(H,36,37). The molecule has 0 saturated carbocycles. The Labute approximate surface area is 217 Å². The topological polar surface area (TPSA) is 137 Å². The lowest BCUT2D eigenvalue weighted by atomic mass is 10.00. The molecule has 1 saturated heterocycles. The Morgan fingerprint density at radius 3 is 1.86 bits per heavy atom. The van der Waals surface area contributed by atoms with E-state index in [4.69, 9.17) is 0 Å². The van der Waals surface area contributed by atoms with Crippen LogP contribution < -0.4 is 21.3 Å². The summed E-state index contributed by atoms with van der Waals surface area (Å²) in [5.41, 5.74) is 1.57. The average Bonchev–Trinajstić information content (AvgIpc) is 3.42. The molecule has 9 nitrogen and oxygen atoms in total. The lowest BCUT2D eigenvalue weighted by molar-refractivity contribution is -0.142. The Hall–Kier alpha value is -3.72. The van der Waals surface area contributed by atoms with Gasteiger partial charge in [-0.3, -0.25) is 14.4 Å². The molecule has 2 aromatic carbocycles. The van der Waals surface area contributed by atoms with Gasteiger partial charge in [-0.25, -0.2) is 4.79 Å². The van der Waals surface area contributed by atoms with Gasteiger partial charge in [-0.1, -0.05) is 74.5 Å². The summed E-state index contributed by atoms with van der Waals surface area (Å²) in [6.45, 7) is 4.39. The van der Waals surface area contributed by atoms with Gasteiger partial charge in [0.25, 0.3) is 0 Å². The summed E-state index contributed by atoms with van der Waals surface area (Å²) < 4.78 is 0. The van der Waals surface area contributed by atoms with Crippen LogP contribution in [0.3, 0.4) is 0 Å². The van der Waals surface area contributed by atoms with E-state index >= 15 is 0 Å². The highest BCUT2D eigenvalue weighted by atomic mass is 16.4. The largest absolute Gasteiger partial charge is 0.480 e. The van der Waals surface area contributed by atoms with Gasteiger partial charge >= 0.3 is 5.97 Å². The zero-order valence-electron chi connectivity index (χ0n) is 21.3. The number of carbonyl (C=O) groups is 4. The Kier molecular flexibility index (Phi) is 10.2. The molecule has 0 radical (unpaired) electrons. The Morgan fingerprint density at radius 2 is 1.38 bits per heavy atom. The van der Waals surface area contributed by atoms with Crippen LogP contribution in [0.2, 0.25) is 0 Å². The maximum atomic E-state index is 13.3. The highest BCUT2D eigenvalue weighted by Crippen LogP contribution is 2.10. The number of nitrogens with one attached hydrogen (secondary N) is 4. The molecule has 9 heteroatoms. The maximum Gasteiger partial charge on any atom is 0.326 e. The van der Waals surface area contributed by atoms with Gasteiger partial charge in [-0.15, -0.1) is 0 Å². The van der Waals surface area contributed by atoms with Gasteiger partial charge in [0, 0.05) is 12.8 Å². The molecule has 1 aliphatic heterocycles. The molecule has 0 bridgehead atoms. The van der Waals surface area contributed by atoms with Crippen LogP contribution in [0, 0.1) is 5.92 Å². The molecule has 3 amide bonds. The molecule has 3 rings (SSSR count). The summed E-state index contributed by atoms with van der Waals surface area (Å²) in [4.78, 5) is 51.2. The number of aliphatic carboxylic acids is 1. The van der Waals surface area contributed by atoms with E-state index in [1.807, 2.05) is 50.2 Å². The monoisotopic (exact) mass is 508 g/mol. The molecular formula is C28H36N4O5. The third kappa shape index (κ3) is 8.42. The van der Waals surface area contributed by atoms with Gasteiger partial charge in [-0.2, -0.15) is 0 Å². The van der Waals surface area contributed by atoms with E-state index in [2.05, 4.69) is 21.3 Å². The van der Waals surface area contributed by atoms with Crippen LogP contribution in [0.25, 0.3) is 0 Å². The van der Waals surface area contributed by atoms with Crippen LogP contribution in [-0.4, -0.2) is 59.5 Å². The highest BCUT2D eigenvalue weighted by Gasteiger charge is 2.33. The van der Waals surface area contributed by atoms with Crippen molar-refractivity contribution in [3.63, 3.8) is 0 Å². The lowest BCUT2D eigenvalue weighted by Gasteiger charge is -2.27. The molecule has 1 aliphatic rings. The summed E-state index contributed by atoms with van der Waals surface area (Å²) in [5, 5.41) is 21.0. The van der Waals surface area contributed by atoms with Crippen molar-refractivity contribution in [2.75, 3.05) is 6.54 Å². The van der Waals surface area contributed by atoms with Crippen molar-refractivity contribution >= 4 is 23.7 Å². The maximum absolute atomic E-state index is 13.3. The highest BCUT2D eigenvalue weighted by molar-refractivity contribution is 5.94. The number of benzene rings is 2. The molecule has 0 aliphatic carbocycles. The van der Waals surface area contributed by atoms with Gasteiger partial charge in [0.2, 0.25) is 17.7 Å². The first-order chi connectivity index (χ1) is 17.7. The fraction of sp³-hybridized carbons (Fsp3) is 0.429. The van der Waals surface area contributed by atoms with Crippen LogP contribution in [0.5, 0.6) is 0 Å². The second-order valence-corrected chi connectivity index (χ2v) is 9.72. The Morgan fingerprint density at radius 1 is 0.838 bits per heavy atom. The third-order valence-corrected chi connectivity index (χ3v) is 6.44. The van der Waals surface area contributed by atoms with Crippen molar-refractivity contribution in [3.8, 4) is 0 Å². The molecule has 2 aromatic rings. The van der Waals surface area contributed by atoms with Crippen molar-refractivity contribution in [1.29, 1.82) is 0 Å². The van der Waals surface area contributed by atoms with Crippen LogP contribution in [0.15, 0.2) is 60.7 Å². The van der Waals surface area contributed by atoms with Crippen LogP contribution in [0.1, 0.15) is 37.8 Å². The minimum absolute atomic E-state index is 0.104. The number of hydrogen-bond donors (Lipinski definition) is 5. The van der Waals surface area contributed by atoms with Crippen molar-refractivity contribution in [3.05, 3.63) is 71.8 Å². The smallest absolute Gasteiger partial charge is 0.326 e. The molecule has 5 N–H and O–H groups in total. The van der Waals surface area contributed by atoms with Gasteiger partial charge in [0.1, 0.15) is 18.1 Å². The Bertz CT molecular complexity index is 1050. The predicted octanol–water partition coefficient (Wildman–Crippen LogP) is 1.42. The second kappa shape index (κ2) is 13.5. The number of carboxylic acid groups (broad SMARTS) is 1. The number of rotatable bonds is 12. The van der Waals surface area contributed by atoms with Crippen LogP contribution in [0.4, 0.5) is 0 Å². The molecule has 4 unspecified atom stereocenters. The fourth-order valence-electron chi connectivity index (χ4n) is 4.34. The average molecular weight is 509 g/mol. The van der Waals surface area contributed by atoms with Gasteiger partial charge < -0.3 is 26.4 Å². The van der Waals surface area contributed by atoms with Crippen molar-refractivity contribution in [2.24, 2.45) is 5.92 Å². The van der Waals surface area contributed by atoms with E-state index in [-0.39, 0.29) is 30.7 Å². The van der Waals surface area contributed by atoms with E-state index in [1.165, 1.54) is 0 Å². The molecule has 1 heterocycles. The molecule has 1 fully saturated rings. The van der Waals surface area contributed by atoms with E-state index < -0.39 is 35.9 Å². The van der Waals surface area contributed by atoms with Crippen molar-refractivity contribution in [2.45, 2.75) is 63.7 Å². The molecule has 0 spiro atoms. The lowest BCUT2D eigenvalue weighted by Crippen LogP contribution is -2.59. The Balaban J connectivity index is 1.75. The SMILES string of the molecule is CC(C)C(NC(=O)C1CCCN1)C(=O)NC(Cc1ccccc1)C(=O)NC(Cc1ccccc1)C(=O)O. The molecule has 0 aromatic heterocycles. The molecule has 37 heavy (non-hydrogen) atoms.